The Bertz CT molecular complexity index is 985. The molecule has 4 heteroatoms. The summed E-state index contributed by atoms with van der Waals surface area (Å²) in [6, 6.07) is 22.9. The van der Waals surface area contributed by atoms with Gasteiger partial charge in [0.1, 0.15) is 0 Å². The van der Waals surface area contributed by atoms with Crippen LogP contribution in [0.4, 0.5) is 5.69 Å². The zero-order chi connectivity index (χ0) is 19.2. The highest BCUT2D eigenvalue weighted by molar-refractivity contribution is 5.90. The number of rotatable bonds is 5. The van der Waals surface area contributed by atoms with Crippen LogP contribution in [0.2, 0.25) is 0 Å². The van der Waals surface area contributed by atoms with Gasteiger partial charge in [-0.2, -0.15) is 5.26 Å². The molecule has 0 unspecified atom stereocenters. The maximum Gasteiger partial charge on any atom is 0.0998 e. The van der Waals surface area contributed by atoms with Gasteiger partial charge >= 0.3 is 0 Å². The SMILES string of the molecule is N#Cc1ccccc1-c1ccc2cc(NCCN3CCCOCC3)ccc2c1. The molecule has 3 aromatic carbocycles. The largest absolute Gasteiger partial charge is 0.384 e. The molecule has 142 valence electrons. The Kier molecular flexibility index (Phi) is 5.86. The maximum atomic E-state index is 9.35. The molecule has 1 heterocycles. The number of nitriles is 1. The minimum Gasteiger partial charge on any atom is -0.384 e. The summed E-state index contributed by atoms with van der Waals surface area (Å²) in [7, 11) is 0. The molecule has 1 fully saturated rings. The first kappa shape index (κ1) is 18.5. The zero-order valence-electron chi connectivity index (χ0n) is 16.0. The van der Waals surface area contributed by atoms with Crippen LogP contribution in [0.15, 0.2) is 60.7 Å². The Labute approximate surface area is 166 Å². The first-order chi connectivity index (χ1) is 13.8. The van der Waals surface area contributed by atoms with Gasteiger partial charge in [0, 0.05) is 38.5 Å². The third-order valence-electron chi connectivity index (χ3n) is 5.27. The number of benzene rings is 3. The number of ether oxygens (including phenoxy) is 1. The summed E-state index contributed by atoms with van der Waals surface area (Å²) in [5.41, 5.74) is 3.91. The van der Waals surface area contributed by atoms with Crippen LogP contribution in [0.1, 0.15) is 12.0 Å². The van der Waals surface area contributed by atoms with Crippen molar-refractivity contribution in [2.24, 2.45) is 0 Å². The van der Waals surface area contributed by atoms with Gasteiger partial charge in [0.2, 0.25) is 0 Å². The first-order valence-corrected chi connectivity index (χ1v) is 9.91. The first-order valence-electron chi connectivity index (χ1n) is 9.91. The van der Waals surface area contributed by atoms with Crippen LogP contribution in [0, 0.1) is 11.3 Å². The fraction of sp³-hybridized carbons (Fsp3) is 0.292. The predicted octanol–water partition coefficient (Wildman–Crippen LogP) is 4.51. The predicted molar refractivity (Wildman–Crippen MR) is 114 cm³/mol. The number of nitrogens with zero attached hydrogens (tertiary/aromatic N) is 2. The van der Waals surface area contributed by atoms with Gasteiger partial charge in [-0.15, -0.1) is 0 Å². The van der Waals surface area contributed by atoms with Crippen molar-refractivity contribution in [2.75, 3.05) is 44.7 Å². The van der Waals surface area contributed by atoms with Gasteiger partial charge in [0.25, 0.3) is 0 Å². The van der Waals surface area contributed by atoms with Crippen molar-refractivity contribution in [3.05, 3.63) is 66.2 Å². The van der Waals surface area contributed by atoms with Crippen LogP contribution in [-0.2, 0) is 4.74 Å². The van der Waals surface area contributed by atoms with E-state index in [0.29, 0.717) is 5.56 Å². The number of anilines is 1. The molecule has 0 amide bonds. The van der Waals surface area contributed by atoms with Crippen LogP contribution in [0.3, 0.4) is 0 Å². The van der Waals surface area contributed by atoms with E-state index in [2.05, 4.69) is 52.7 Å². The normalized spacial score (nSPS) is 15.1. The molecule has 0 aromatic heterocycles. The van der Waals surface area contributed by atoms with Gasteiger partial charge in [-0.3, -0.25) is 4.90 Å². The van der Waals surface area contributed by atoms with Crippen LogP contribution in [-0.4, -0.2) is 44.3 Å². The molecule has 4 rings (SSSR count). The van der Waals surface area contributed by atoms with Gasteiger partial charge in [0.15, 0.2) is 0 Å². The Balaban J connectivity index is 1.45. The van der Waals surface area contributed by atoms with E-state index in [1.807, 2.05) is 24.3 Å². The molecule has 1 saturated heterocycles. The molecule has 3 aromatic rings. The summed E-state index contributed by atoms with van der Waals surface area (Å²) in [6.07, 6.45) is 1.12. The molecular formula is C24H25N3O. The summed E-state index contributed by atoms with van der Waals surface area (Å²) in [4.78, 5) is 2.46. The van der Waals surface area contributed by atoms with Crippen molar-refractivity contribution in [1.29, 1.82) is 5.26 Å². The second-order valence-electron chi connectivity index (χ2n) is 7.17. The lowest BCUT2D eigenvalue weighted by molar-refractivity contribution is 0.142. The molecule has 4 nitrogen and oxygen atoms in total. The molecule has 1 N–H and O–H groups in total. The van der Waals surface area contributed by atoms with Gasteiger partial charge in [-0.05, 0) is 52.6 Å². The summed E-state index contributed by atoms with van der Waals surface area (Å²) in [6.45, 7) is 5.83. The molecule has 1 aliphatic rings. The van der Waals surface area contributed by atoms with Gasteiger partial charge in [-0.1, -0.05) is 36.4 Å². The Hall–Kier alpha value is -2.87. The molecular weight excluding hydrogens is 346 g/mol. The van der Waals surface area contributed by atoms with E-state index in [1.165, 1.54) is 10.8 Å². The summed E-state index contributed by atoms with van der Waals surface area (Å²) in [5.74, 6) is 0. The van der Waals surface area contributed by atoms with E-state index in [9.17, 15) is 5.26 Å². The summed E-state index contributed by atoms with van der Waals surface area (Å²) >= 11 is 0. The smallest absolute Gasteiger partial charge is 0.0998 e. The average Bonchev–Trinajstić information content (AvgIpc) is 3.02. The quantitative estimate of drug-likeness (QED) is 0.717. The highest BCUT2D eigenvalue weighted by Gasteiger charge is 2.09. The van der Waals surface area contributed by atoms with E-state index in [4.69, 9.17) is 4.74 Å². The molecule has 0 atom stereocenters. The second-order valence-corrected chi connectivity index (χ2v) is 7.17. The van der Waals surface area contributed by atoms with Gasteiger partial charge in [0.05, 0.1) is 18.2 Å². The van der Waals surface area contributed by atoms with Crippen LogP contribution < -0.4 is 5.32 Å². The Morgan fingerprint density at radius 1 is 0.964 bits per heavy atom. The molecule has 0 radical (unpaired) electrons. The van der Waals surface area contributed by atoms with Crippen molar-refractivity contribution in [3.63, 3.8) is 0 Å². The van der Waals surface area contributed by atoms with E-state index in [1.54, 1.807) is 0 Å². The van der Waals surface area contributed by atoms with Crippen molar-refractivity contribution in [1.82, 2.24) is 4.90 Å². The van der Waals surface area contributed by atoms with Crippen molar-refractivity contribution in [3.8, 4) is 17.2 Å². The molecule has 0 saturated carbocycles. The van der Waals surface area contributed by atoms with Crippen molar-refractivity contribution < 1.29 is 4.74 Å². The number of hydrogen-bond acceptors (Lipinski definition) is 4. The number of nitrogens with one attached hydrogen (secondary N) is 1. The van der Waals surface area contributed by atoms with E-state index in [-0.39, 0.29) is 0 Å². The summed E-state index contributed by atoms with van der Waals surface area (Å²) in [5, 5.41) is 15.3. The lowest BCUT2D eigenvalue weighted by Gasteiger charge is -2.19. The maximum absolute atomic E-state index is 9.35. The second kappa shape index (κ2) is 8.88. The third kappa shape index (κ3) is 4.33. The minimum atomic E-state index is 0.707. The lowest BCUT2D eigenvalue weighted by Crippen LogP contribution is -2.31. The highest BCUT2D eigenvalue weighted by atomic mass is 16.5. The highest BCUT2D eigenvalue weighted by Crippen LogP contribution is 2.28. The fourth-order valence-electron chi connectivity index (χ4n) is 3.74. The third-order valence-corrected chi connectivity index (χ3v) is 5.27. The molecule has 1 aliphatic heterocycles. The van der Waals surface area contributed by atoms with E-state index in [0.717, 1.165) is 62.6 Å². The van der Waals surface area contributed by atoms with Crippen LogP contribution >= 0.6 is 0 Å². The summed E-state index contributed by atoms with van der Waals surface area (Å²) < 4.78 is 5.51. The molecule has 0 spiro atoms. The lowest BCUT2D eigenvalue weighted by atomic mass is 9.97. The topological polar surface area (TPSA) is 48.3 Å². The molecule has 0 bridgehead atoms. The van der Waals surface area contributed by atoms with E-state index < -0.39 is 0 Å². The zero-order valence-corrected chi connectivity index (χ0v) is 16.0. The number of fused-ring (bicyclic) bond motifs is 1. The van der Waals surface area contributed by atoms with Crippen LogP contribution in [0.25, 0.3) is 21.9 Å². The monoisotopic (exact) mass is 371 g/mol. The molecule has 28 heavy (non-hydrogen) atoms. The van der Waals surface area contributed by atoms with Crippen LogP contribution in [0.5, 0.6) is 0 Å². The average molecular weight is 371 g/mol. The van der Waals surface area contributed by atoms with Crippen molar-refractivity contribution >= 4 is 16.5 Å². The van der Waals surface area contributed by atoms with Gasteiger partial charge < -0.3 is 10.1 Å². The van der Waals surface area contributed by atoms with Gasteiger partial charge in [-0.25, -0.2) is 0 Å². The molecule has 0 aliphatic carbocycles. The van der Waals surface area contributed by atoms with Crippen molar-refractivity contribution in [2.45, 2.75) is 6.42 Å². The Morgan fingerprint density at radius 3 is 2.75 bits per heavy atom. The van der Waals surface area contributed by atoms with E-state index >= 15 is 0 Å². The Morgan fingerprint density at radius 2 is 1.82 bits per heavy atom. The minimum absolute atomic E-state index is 0.707. The fourth-order valence-corrected chi connectivity index (χ4v) is 3.74. The standard InChI is InChI=1S/C24H25N3O/c25-18-22-4-1-2-5-24(22)21-7-6-20-17-23(9-8-19(20)16-21)26-10-12-27-11-3-14-28-15-13-27/h1-2,4-9,16-17,26H,3,10-15H2. The number of hydrogen-bond donors (Lipinski definition) is 1.